The predicted octanol–water partition coefficient (Wildman–Crippen LogP) is 4.35. The summed E-state index contributed by atoms with van der Waals surface area (Å²) in [6.07, 6.45) is 1.40. The quantitative estimate of drug-likeness (QED) is 0.708. The molecule has 2 aromatic carbocycles. The molecule has 1 heterocycles. The molecule has 4 nitrogen and oxygen atoms in total. The first-order chi connectivity index (χ1) is 13.1. The van der Waals surface area contributed by atoms with Crippen LogP contribution in [0.1, 0.15) is 36.5 Å². The van der Waals surface area contributed by atoms with E-state index in [0.717, 1.165) is 21.2 Å². The van der Waals surface area contributed by atoms with Crippen LogP contribution in [0.4, 0.5) is 0 Å². The third-order valence-electron chi connectivity index (χ3n) is 5.13. The van der Waals surface area contributed by atoms with Gasteiger partial charge in [-0.15, -0.1) is 0 Å². The molecule has 0 aromatic heterocycles. The van der Waals surface area contributed by atoms with Crippen LogP contribution in [0.25, 0.3) is 0 Å². The summed E-state index contributed by atoms with van der Waals surface area (Å²) in [5, 5.41) is 3.15. The summed E-state index contributed by atoms with van der Waals surface area (Å²) in [6.45, 7) is 5.05. The van der Waals surface area contributed by atoms with Gasteiger partial charge in [-0.1, -0.05) is 52.3 Å². The highest BCUT2D eigenvalue weighted by atomic mass is 79.9. The van der Waals surface area contributed by atoms with E-state index in [-0.39, 0.29) is 5.91 Å². The highest BCUT2D eigenvalue weighted by Crippen LogP contribution is 2.35. The van der Waals surface area contributed by atoms with Crippen molar-refractivity contribution in [2.75, 3.05) is 19.8 Å². The number of halogens is 1. The molecule has 1 fully saturated rings. The van der Waals surface area contributed by atoms with Gasteiger partial charge in [0.15, 0.2) is 0 Å². The van der Waals surface area contributed by atoms with Gasteiger partial charge in [0.1, 0.15) is 0 Å². The van der Waals surface area contributed by atoms with Crippen LogP contribution in [0, 0.1) is 0 Å². The topological polar surface area (TPSA) is 47.6 Å². The molecule has 2 aromatic rings. The maximum absolute atomic E-state index is 13.2. The highest BCUT2D eigenvalue weighted by molar-refractivity contribution is 9.10. The number of benzene rings is 2. The Morgan fingerprint density at radius 1 is 1.07 bits per heavy atom. The largest absolute Gasteiger partial charge is 0.381 e. The number of carbonyl (C=O) groups is 1. The summed E-state index contributed by atoms with van der Waals surface area (Å²) in [5.74, 6) is 0.0755. The Labute approximate surface area is 169 Å². The Balaban J connectivity index is 1.69. The summed E-state index contributed by atoms with van der Waals surface area (Å²) in [6, 6.07) is 16.3. The predicted molar refractivity (Wildman–Crippen MR) is 109 cm³/mol. The molecule has 144 valence electrons. The van der Waals surface area contributed by atoms with E-state index in [1.54, 1.807) is 0 Å². The number of carbonyl (C=O) groups excluding carboxylic acids is 1. The van der Waals surface area contributed by atoms with Gasteiger partial charge in [-0.25, -0.2) is 0 Å². The molecule has 1 N–H and O–H groups in total. The van der Waals surface area contributed by atoms with Gasteiger partial charge in [-0.3, -0.25) is 4.79 Å². The molecular weight excluding hydrogens is 406 g/mol. The number of hydrogen-bond acceptors (Lipinski definition) is 3. The van der Waals surface area contributed by atoms with E-state index < -0.39 is 5.41 Å². The Hall–Kier alpha value is -1.69. The Morgan fingerprint density at radius 3 is 2.33 bits per heavy atom. The van der Waals surface area contributed by atoms with E-state index in [4.69, 9.17) is 9.47 Å². The van der Waals surface area contributed by atoms with Crippen molar-refractivity contribution in [2.45, 2.75) is 38.3 Å². The van der Waals surface area contributed by atoms with Crippen LogP contribution >= 0.6 is 15.9 Å². The minimum absolute atomic E-state index is 0.0755. The fourth-order valence-corrected chi connectivity index (χ4v) is 3.72. The average molecular weight is 432 g/mol. The maximum Gasteiger partial charge on any atom is 0.231 e. The smallest absolute Gasteiger partial charge is 0.231 e. The molecule has 1 aliphatic heterocycles. The van der Waals surface area contributed by atoms with Crippen molar-refractivity contribution in [3.8, 4) is 0 Å². The SMILES string of the molecule is CCOCc1ccc(CNC(=O)C2(c3ccc(Br)cc3)CCOCC2)cc1. The first-order valence-corrected chi connectivity index (χ1v) is 10.2. The van der Waals surface area contributed by atoms with Gasteiger partial charge in [0.2, 0.25) is 5.91 Å². The zero-order valence-corrected chi connectivity index (χ0v) is 17.3. The molecule has 1 amide bonds. The first kappa shape index (κ1) is 20.1. The normalized spacial score (nSPS) is 16.1. The summed E-state index contributed by atoms with van der Waals surface area (Å²) >= 11 is 3.47. The fourth-order valence-electron chi connectivity index (χ4n) is 3.46. The second-order valence-corrected chi connectivity index (χ2v) is 7.75. The van der Waals surface area contributed by atoms with Crippen molar-refractivity contribution in [1.29, 1.82) is 0 Å². The number of hydrogen-bond donors (Lipinski definition) is 1. The molecule has 0 radical (unpaired) electrons. The molecule has 27 heavy (non-hydrogen) atoms. The van der Waals surface area contributed by atoms with Crippen molar-refractivity contribution < 1.29 is 14.3 Å². The van der Waals surface area contributed by atoms with Gasteiger partial charge >= 0.3 is 0 Å². The van der Waals surface area contributed by atoms with Gasteiger partial charge in [0, 0.05) is 30.8 Å². The van der Waals surface area contributed by atoms with Crippen LogP contribution < -0.4 is 5.32 Å². The third kappa shape index (κ3) is 4.98. The molecular formula is C22H26BrNO3. The van der Waals surface area contributed by atoms with Gasteiger partial charge in [-0.2, -0.15) is 0 Å². The lowest BCUT2D eigenvalue weighted by Crippen LogP contribution is -2.47. The van der Waals surface area contributed by atoms with Crippen LogP contribution in [-0.4, -0.2) is 25.7 Å². The second-order valence-electron chi connectivity index (χ2n) is 6.84. The van der Waals surface area contributed by atoms with Crippen LogP contribution in [0.2, 0.25) is 0 Å². The van der Waals surface area contributed by atoms with Gasteiger partial charge < -0.3 is 14.8 Å². The van der Waals surface area contributed by atoms with E-state index >= 15 is 0 Å². The van der Waals surface area contributed by atoms with E-state index in [1.165, 1.54) is 0 Å². The average Bonchev–Trinajstić information content (AvgIpc) is 2.72. The Bertz CT molecular complexity index is 737. The van der Waals surface area contributed by atoms with Gasteiger partial charge in [0.05, 0.1) is 12.0 Å². The summed E-state index contributed by atoms with van der Waals surface area (Å²) in [5.41, 5.74) is 2.76. The third-order valence-corrected chi connectivity index (χ3v) is 5.66. The van der Waals surface area contributed by atoms with Crippen molar-refractivity contribution >= 4 is 21.8 Å². The fraction of sp³-hybridized carbons (Fsp3) is 0.409. The minimum atomic E-state index is -0.520. The molecule has 0 saturated carbocycles. The van der Waals surface area contributed by atoms with Crippen LogP contribution in [0.15, 0.2) is 53.0 Å². The maximum atomic E-state index is 13.2. The zero-order chi connectivity index (χ0) is 19.1. The zero-order valence-electron chi connectivity index (χ0n) is 15.7. The first-order valence-electron chi connectivity index (χ1n) is 9.42. The summed E-state index contributed by atoms with van der Waals surface area (Å²) in [4.78, 5) is 13.2. The number of rotatable bonds is 7. The van der Waals surface area contributed by atoms with E-state index in [0.29, 0.717) is 45.8 Å². The highest BCUT2D eigenvalue weighted by Gasteiger charge is 2.41. The monoisotopic (exact) mass is 431 g/mol. The lowest BCUT2D eigenvalue weighted by Gasteiger charge is -2.36. The van der Waals surface area contributed by atoms with Crippen LogP contribution in [0.3, 0.4) is 0 Å². The second kappa shape index (κ2) is 9.49. The Kier molecular flexibility index (Phi) is 7.05. The van der Waals surface area contributed by atoms with E-state index in [2.05, 4.69) is 33.4 Å². The summed E-state index contributed by atoms with van der Waals surface area (Å²) < 4.78 is 12.0. The molecule has 0 spiro atoms. The van der Waals surface area contributed by atoms with E-state index in [1.807, 2.05) is 43.3 Å². The Morgan fingerprint density at radius 2 is 1.70 bits per heavy atom. The van der Waals surface area contributed by atoms with Crippen LogP contribution in [-0.2, 0) is 32.8 Å². The molecule has 0 atom stereocenters. The summed E-state index contributed by atoms with van der Waals surface area (Å²) in [7, 11) is 0. The van der Waals surface area contributed by atoms with Gasteiger partial charge in [0.25, 0.3) is 0 Å². The van der Waals surface area contributed by atoms with Crippen molar-refractivity contribution in [3.05, 3.63) is 69.7 Å². The van der Waals surface area contributed by atoms with Crippen molar-refractivity contribution in [2.24, 2.45) is 0 Å². The molecule has 0 bridgehead atoms. The number of ether oxygens (including phenoxy) is 2. The lowest BCUT2D eigenvalue weighted by molar-refractivity contribution is -0.130. The van der Waals surface area contributed by atoms with Crippen molar-refractivity contribution in [3.63, 3.8) is 0 Å². The lowest BCUT2D eigenvalue weighted by atomic mass is 9.73. The standard InChI is InChI=1S/C22H26BrNO3/c1-2-26-16-18-5-3-17(4-6-18)15-24-21(25)22(11-13-27-14-12-22)19-7-9-20(23)10-8-19/h3-10H,2,11-16H2,1H3,(H,24,25). The molecule has 3 rings (SSSR count). The molecule has 0 aliphatic carbocycles. The number of nitrogens with one attached hydrogen (secondary N) is 1. The molecule has 5 heteroatoms. The van der Waals surface area contributed by atoms with Crippen LogP contribution in [0.5, 0.6) is 0 Å². The van der Waals surface area contributed by atoms with E-state index in [9.17, 15) is 4.79 Å². The molecule has 1 saturated heterocycles. The van der Waals surface area contributed by atoms with Crippen molar-refractivity contribution in [1.82, 2.24) is 5.32 Å². The number of amides is 1. The minimum Gasteiger partial charge on any atom is -0.381 e. The molecule has 0 unspecified atom stereocenters. The molecule has 1 aliphatic rings. The van der Waals surface area contributed by atoms with Gasteiger partial charge in [-0.05, 0) is 48.6 Å².